The molecule has 1 aromatic carbocycles. The number of ether oxygens (including phenoxy) is 1. The summed E-state index contributed by atoms with van der Waals surface area (Å²) in [5.74, 6) is 1.93. The number of nitrogens with zero attached hydrogens (tertiary/aromatic N) is 5. The number of rotatable bonds is 5. The third-order valence-corrected chi connectivity index (χ3v) is 6.74. The first kappa shape index (κ1) is 19.4. The summed E-state index contributed by atoms with van der Waals surface area (Å²) in [7, 11) is 0. The molecule has 6 rings (SSSR count). The summed E-state index contributed by atoms with van der Waals surface area (Å²) in [5.41, 5.74) is 4.53. The van der Waals surface area contributed by atoms with Gasteiger partial charge in [-0.1, -0.05) is 6.08 Å². The molecule has 0 spiro atoms. The number of aryl methyl sites for hydroxylation is 1. The predicted molar refractivity (Wildman–Crippen MR) is 116 cm³/mol. The summed E-state index contributed by atoms with van der Waals surface area (Å²) in [6, 6.07) is 3.20. The van der Waals surface area contributed by atoms with Gasteiger partial charge >= 0.3 is 0 Å². The van der Waals surface area contributed by atoms with Crippen LogP contribution in [0.5, 0.6) is 5.75 Å². The van der Waals surface area contributed by atoms with Gasteiger partial charge in [-0.25, -0.2) is 9.37 Å². The number of carbonyl (C=O) groups excluding carboxylic acids is 1. The summed E-state index contributed by atoms with van der Waals surface area (Å²) in [5, 5.41) is 8.44. The van der Waals surface area contributed by atoms with Crippen molar-refractivity contribution in [3.05, 3.63) is 59.1 Å². The van der Waals surface area contributed by atoms with Crippen molar-refractivity contribution in [1.29, 1.82) is 0 Å². The Morgan fingerprint density at radius 3 is 2.94 bits per heavy atom. The van der Waals surface area contributed by atoms with E-state index in [0.29, 0.717) is 31.6 Å². The van der Waals surface area contributed by atoms with E-state index in [1.54, 1.807) is 12.4 Å². The normalized spacial score (nSPS) is 17.9. The summed E-state index contributed by atoms with van der Waals surface area (Å²) in [6.07, 6.45) is 10.3. The van der Waals surface area contributed by atoms with Crippen LogP contribution >= 0.6 is 0 Å². The fraction of sp³-hybridized carbons (Fsp3) is 0.417. The lowest BCUT2D eigenvalue weighted by Crippen LogP contribution is -2.35. The van der Waals surface area contributed by atoms with Gasteiger partial charge in [-0.15, -0.1) is 10.2 Å². The van der Waals surface area contributed by atoms with E-state index in [4.69, 9.17) is 9.72 Å². The maximum atomic E-state index is 14.5. The maximum absolute atomic E-state index is 14.5. The second-order valence-electron chi connectivity index (χ2n) is 8.75. The summed E-state index contributed by atoms with van der Waals surface area (Å²) in [4.78, 5) is 19.0. The number of fused-ring (bicyclic) bond motifs is 2. The molecule has 1 fully saturated rings. The Kier molecular flexibility index (Phi) is 4.66. The molecule has 0 unspecified atom stereocenters. The van der Waals surface area contributed by atoms with Gasteiger partial charge in [-0.05, 0) is 49.0 Å². The second-order valence-corrected chi connectivity index (χ2v) is 8.75. The molecule has 0 saturated heterocycles. The Morgan fingerprint density at radius 2 is 2.12 bits per heavy atom. The largest absolute Gasteiger partial charge is 0.493 e. The number of hydrogen-bond acceptors (Lipinski definition) is 5. The number of aromatic nitrogens is 4. The van der Waals surface area contributed by atoms with Crippen LogP contribution in [0.3, 0.4) is 0 Å². The maximum Gasteiger partial charge on any atom is 0.225 e. The van der Waals surface area contributed by atoms with E-state index in [2.05, 4.69) is 16.3 Å². The van der Waals surface area contributed by atoms with E-state index >= 15 is 0 Å². The number of carbonyl (C=O) groups is 1. The molecule has 4 heterocycles. The number of halogens is 1. The fourth-order valence-corrected chi connectivity index (χ4v) is 4.80. The van der Waals surface area contributed by atoms with Crippen LogP contribution in [-0.4, -0.2) is 50.1 Å². The SMILES string of the molecule is O=C(C1CC1)N1CC=C(c2cnc(CCc3c(F)ccc4c3CCO4)n3cnnc23)CC1. The standard InChI is InChI=1S/C24H24FN5O2/c25-20-4-5-21-18(9-12-32-21)17(20)3-6-22-26-13-19(23-28-27-14-30(22)23)15-7-10-29(11-8-15)24(31)16-1-2-16/h4-5,7,13-14,16H,1-3,6,8-12H2. The van der Waals surface area contributed by atoms with E-state index in [9.17, 15) is 9.18 Å². The molecule has 0 bridgehead atoms. The van der Waals surface area contributed by atoms with Crippen LogP contribution in [-0.2, 0) is 24.1 Å². The van der Waals surface area contributed by atoms with Crippen LogP contribution in [0.25, 0.3) is 11.2 Å². The molecule has 164 valence electrons. The van der Waals surface area contributed by atoms with Crippen LogP contribution in [0.1, 0.15) is 41.8 Å². The Balaban J connectivity index is 1.24. The van der Waals surface area contributed by atoms with Crippen LogP contribution in [0.2, 0.25) is 0 Å². The number of benzene rings is 1. The Bertz CT molecular complexity index is 1250. The van der Waals surface area contributed by atoms with E-state index in [1.165, 1.54) is 6.07 Å². The lowest BCUT2D eigenvalue weighted by Gasteiger charge is -2.26. The molecular weight excluding hydrogens is 409 g/mol. The van der Waals surface area contributed by atoms with Crippen molar-refractivity contribution in [2.45, 2.75) is 38.5 Å². The number of amides is 1. The smallest absolute Gasteiger partial charge is 0.225 e. The van der Waals surface area contributed by atoms with Gasteiger partial charge < -0.3 is 9.64 Å². The zero-order chi connectivity index (χ0) is 21.7. The average Bonchev–Trinajstić information content (AvgIpc) is 3.35. The molecule has 0 atom stereocenters. The molecule has 0 N–H and O–H groups in total. The van der Waals surface area contributed by atoms with Crippen molar-refractivity contribution in [3.63, 3.8) is 0 Å². The van der Waals surface area contributed by atoms with E-state index < -0.39 is 0 Å². The van der Waals surface area contributed by atoms with E-state index in [-0.39, 0.29) is 17.6 Å². The Labute approximate surface area is 184 Å². The first-order valence-electron chi connectivity index (χ1n) is 11.3. The van der Waals surface area contributed by atoms with Crippen molar-refractivity contribution >= 4 is 17.1 Å². The first-order chi connectivity index (χ1) is 15.7. The summed E-state index contributed by atoms with van der Waals surface area (Å²) < 4.78 is 22.0. The van der Waals surface area contributed by atoms with Crippen LogP contribution in [0.15, 0.2) is 30.7 Å². The molecule has 32 heavy (non-hydrogen) atoms. The van der Waals surface area contributed by atoms with Gasteiger partial charge in [0.05, 0.1) is 6.61 Å². The zero-order valence-corrected chi connectivity index (χ0v) is 17.8. The highest BCUT2D eigenvalue weighted by Crippen LogP contribution is 2.33. The molecule has 8 heteroatoms. The quantitative estimate of drug-likeness (QED) is 0.619. The molecule has 1 saturated carbocycles. The van der Waals surface area contributed by atoms with Crippen molar-refractivity contribution in [2.75, 3.05) is 19.7 Å². The van der Waals surface area contributed by atoms with Crippen molar-refractivity contribution in [1.82, 2.24) is 24.5 Å². The van der Waals surface area contributed by atoms with Crippen LogP contribution in [0.4, 0.5) is 4.39 Å². The lowest BCUT2D eigenvalue weighted by atomic mass is 9.99. The zero-order valence-electron chi connectivity index (χ0n) is 17.8. The van der Waals surface area contributed by atoms with Crippen LogP contribution < -0.4 is 4.74 Å². The first-order valence-corrected chi connectivity index (χ1v) is 11.3. The minimum absolute atomic E-state index is 0.191. The predicted octanol–water partition coefficient (Wildman–Crippen LogP) is 3.01. The second kappa shape index (κ2) is 7.69. The minimum Gasteiger partial charge on any atom is -0.493 e. The third-order valence-electron chi connectivity index (χ3n) is 6.74. The minimum atomic E-state index is -0.191. The Morgan fingerprint density at radius 1 is 1.22 bits per heavy atom. The molecule has 0 radical (unpaired) electrons. The van der Waals surface area contributed by atoms with E-state index in [1.807, 2.05) is 15.5 Å². The molecule has 3 aliphatic rings. The van der Waals surface area contributed by atoms with Gasteiger partial charge in [0.2, 0.25) is 5.91 Å². The van der Waals surface area contributed by atoms with Gasteiger partial charge in [-0.2, -0.15) is 0 Å². The molecule has 7 nitrogen and oxygen atoms in total. The molecule has 2 aromatic heterocycles. The topological polar surface area (TPSA) is 72.6 Å². The summed E-state index contributed by atoms with van der Waals surface area (Å²) >= 11 is 0. The van der Waals surface area contributed by atoms with Crippen molar-refractivity contribution in [3.8, 4) is 5.75 Å². The molecular formula is C24H24FN5O2. The van der Waals surface area contributed by atoms with Crippen molar-refractivity contribution in [2.24, 2.45) is 5.92 Å². The van der Waals surface area contributed by atoms with E-state index in [0.717, 1.165) is 66.1 Å². The number of hydrogen-bond donors (Lipinski definition) is 0. The molecule has 3 aromatic rings. The Hall–Kier alpha value is -3.29. The van der Waals surface area contributed by atoms with Crippen molar-refractivity contribution < 1.29 is 13.9 Å². The van der Waals surface area contributed by atoms with Gasteiger partial charge in [0.15, 0.2) is 5.65 Å². The summed E-state index contributed by atoms with van der Waals surface area (Å²) in [6.45, 7) is 1.96. The highest BCUT2D eigenvalue weighted by Gasteiger charge is 2.34. The highest BCUT2D eigenvalue weighted by molar-refractivity contribution is 5.83. The molecule has 1 amide bonds. The van der Waals surface area contributed by atoms with Gasteiger partial charge in [0, 0.05) is 49.2 Å². The van der Waals surface area contributed by atoms with Gasteiger partial charge in [0.1, 0.15) is 23.7 Å². The monoisotopic (exact) mass is 433 g/mol. The molecule has 2 aliphatic heterocycles. The van der Waals surface area contributed by atoms with Gasteiger partial charge in [-0.3, -0.25) is 9.20 Å². The highest BCUT2D eigenvalue weighted by atomic mass is 19.1. The van der Waals surface area contributed by atoms with Crippen LogP contribution in [0, 0.1) is 11.7 Å². The fourth-order valence-electron chi connectivity index (χ4n) is 4.80. The average molecular weight is 433 g/mol. The lowest BCUT2D eigenvalue weighted by molar-refractivity contribution is -0.132. The van der Waals surface area contributed by atoms with Gasteiger partial charge in [0.25, 0.3) is 0 Å². The third kappa shape index (κ3) is 3.34. The molecule has 1 aliphatic carbocycles.